The van der Waals surface area contributed by atoms with Gasteiger partial charge >= 0.3 is 6.18 Å². The summed E-state index contributed by atoms with van der Waals surface area (Å²) < 4.78 is 49.5. The van der Waals surface area contributed by atoms with Crippen molar-refractivity contribution >= 4 is 35.6 Å². The summed E-state index contributed by atoms with van der Waals surface area (Å²) in [5.74, 6) is -0.897. The van der Waals surface area contributed by atoms with Crippen molar-refractivity contribution in [3.63, 3.8) is 0 Å². The molecule has 0 spiro atoms. The highest BCUT2D eigenvalue weighted by Crippen LogP contribution is 2.36. The molecule has 1 aromatic carbocycles. The van der Waals surface area contributed by atoms with E-state index in [0.717, 1.165) is 12.1 Å². The average Bonchev–Trinajstić information content (AvgIpc) is 2.09. The molecule has 0 aliphatic carbocycles. The minimum Gasteiger partial charge on any atom is -0.324 e. The first-order valence-electron chi connectivity index (χ1n) is 4.18. The maximum Gasteiger partial charge on any atom is 0.390 e. The normalized spacial score (nSPS) is 13.1. The zero-order valence-electron chi connectivity index (χ0n) is 8.19. The highest BCUT2D eigenvalue weighted by molar-refractivity contribution is 6.42. The molecule has 0 aliphatic rings. The minimum atomic E-state index is -4.49. The van der Waals surface area contributed by atoms with Crippen LogP contribution in [0.1, 0.15) is 18.0 Å². The molecule has 0 aromatic heterocycles. The van der Waals surface area contributed by atoms with Crippen molar-refractivity contribution in [3.05, 3.63) is 33.6 Å². The number of alkyl halides is 3. The van der Waals surface area contributed by atoms with Crippen LogP contribution in [0.25, 0.3) is 0 Å². The molecule has 1 atom stereocenters. The van der Waals surface area contributed by atoms with E-state index in [1.165, 1.54) is 0 Å². The zero-order valence-corrected chi connectivity index (χ0v) is 10.5. The molecule has 0 unspecified atom stereocenters. The van der Waals surface area contributed by atoms with E-state index in [1.54, 1.807) is 0 Å². The Morgan fingerprint density at radius 1 is 1.24 bits per heavy atom. The summed E-state index contributed by atoms with van der Waals surface area (Å²) in [6.45, 7) is 0. The van der Waals surface area contributed by atoms with Crippen molar-refractivity contribution in [1.29, 1.82) is 0 Å². The van der Waals surface area contributed by atoms with Crippen molar-refractivity contribution < 1.29 is 17.6 Å². The van der Waals surface area contributed by atoms with Gasteiger partial charge in [0, 0.05) is 11.6 Å². The van der Waals surface area contributed by atoms with Crippen molar-refractivity contribution in [2.75, 3.05) is 0 Å². The van der Waals surface area contributed by atoms with Crippen LogP contribution in [-0.2, 0) is 0 Å². The first-order valence-corrected chi connectivity index (χ1v) is 4.93. The van der Waals surface area contributed by atoms with E-state index < -0.39 is 30.0 Å². The van der Waals surface area contributed by atoms with E-state index in [0.29, 0.717) is 0 Å². The molecule has 1 aromatic rings. The summed E-state index contributed by atoms with van der Waals surface area (Å²) in [6.07, 6.45) is -5.85. The second-order valence-electron chi connectivity index (χ2n) is 3.18. The fourth-order valence-corrected chi connectivity index (χ4v) is 1.69. The first kappa shape index (κ1) is 16.8. The Balaban J connectivity index is 0.00000256. The average molecular weight is 313 g/mol. The standard InChI is InChI=1S/C9H7Cl2F4N.ClH/c10-4-1-2-5(12)7(8(4)11)6(16)3-9(13,14)15;/h1-2,6H,3,16H2;1H/t6-;/m1./s1. The predicted molar refractivity (Wildman–Crippen MR) is 61.3 cm³/mol. The van der Waals surface area contributed by atoms with Crippen LogP contribution in [0.4, 0.5) is 17.6 Å². The van der Waals surface area contributed by atoms with Gasteiger partial charge in [-0.25, -0.2) is 4.39 Å². The second kappa shape index (κ2) is 6.09. The Bertz CT molecular complexity index is 395. The third-order valence-electron chi connectivity index (χ3n) is 1.90. The summed E-state index contributed by atoms with van der Waals surface area (Å²) in [7, 11) is 0. The first-order chi connectivity index (χ1) is 7.22. The molecule has 0 aliphatic heterocycles. The van der Waals surface area contributed by atoms with Gasteiger partial charge < -0.3 is 5.73 Å². The SMILES string of the molecule is Cl.N[C@H](CC(F)(F)F)c1c(F)ccc(Cl)c1Cl. The van der Waals surface area contributed by atoms with Crippen LogP contribution >= 0.6 is 35.6 Å². The molecule has 2 N–H and O–H groups in total. The number of benzene rings is 1. The van der Waals surface area contributed by atoms with Crippen molar-refractivity contribution in [1.82, 2.24) is 0 Å². The van der Waals surface area contributed by atoms with Gasteiger partial charge in [0.05, 0.1) is 16.5 Å². The van der Waals surface area contributed by atoms with Crippen LogP contribution in [0.5, 0.6) is 0 Å². The fraction of sp³-hybridized carbons (Fsp3) is 0.333. The van der Waals surface area contributed by atoms with Crippen molar-refractivity contribution in [3.8, 4) is 0 Å². The van der Waals surface area contributed by atoms with Gasteiger partial charge in [-0.15, -0.1) is 12.4 Å². The van der Waals surface area contributed by atoms with Crippen LogP contribution < -0.4 is 5.73 Å². The summed E-state index contributed by atoms with van der Waals surface area (Å²) in [4.78, 5) is 0. The summed E-state index contributed by atoms with van der Waals surface area (Å²) in [5.41, 5.74) is 4.84. The van der Waals surface area contributed by atoms with Gasteiger partial charge in [0.25, 0.3) is 0 Å². The Kier molecular flexibility index (Phi) is 6.01. The summed E-state index contributed by atoms with van der Waals surface area (Å²) in [5, 5.41) is -0.311. The van der Waals surface area contributed by atoms with Crippen molar-refractivity contribution in [2.24, 2.45) is 5.73 Å². The van der Waals surface area contributed by atoms with E-state index in [9.17, 15) is 17.6 Å². The molecule has 0 amide bonds. The van der Waals surface area contributed by atoms with E-state index in [4.69, 9.17) is 28.9 Å². The highest BCUT2D eigenvalue weighted by Gasteiger charge is 2.33. The topological polar surface area (TPSA) is 26.0 Å². The summed E-state index contributed by atoms with van der Waals surface area (Å²) in [6, 6.07) is 0.522. The van der Waals surface area contributed by atoms with E-state index in [2.05, 4.69) is 0 Å². The van der Waals surface area contributed by atoms with Gasteiger partial charge in [-0.05, 0) is 12.1 Å². The Labute approximate surface area is 111 Å². The van der Waals surface area contributed by atoms with E-state index in [1.807, 2.05) is 0 Å². The molecule has 0 radical (unpaired) electrons. The minimum absolute atomic E-state index is 0. The van der Waals surface area contributed by atoms with E-state index >= 15 is 0 Å². The lowest BCUT2D eigenvalue weighted by Gasteiger charge is -2.17. The molecule has 0 bridgehead atoms. The van der Waals surface area contributed by atoms with Gasteiger partial charge in [0.15, 0.2) is 0 Å². The number of rotatable bonds is 2. The predicted octanol–water partition coefficient (Wildman–Crippen LogP) is 4.51. The largest absolute Gasteiger partial charge is 0.390 e. The van der Waals surface area contributed by atoms with Crippen molar-refractivity contribution in [2.45, 2.75) is 18.6 Å². The Morgan fingerprint density at radius 3 is 2.24 bits per heavy atom. The van der Waals surface area contributed by atoms with Crippen LogP contribution in [0.3, 0.4) is 0 Å². The Morgan fingerprint density at radius 2 is 1.76 bits per heavy atom. The molecule has 0 saturated carbocycles. The molecule has 1 nitrogen and oxygen atoms in total. The van der Waals surface area contributed by atoms with Gasteiger partial charge in [-0.3, -0.25) is 0 Å². The molecular formula is C9H8Cl3F4N. The summed E-state index contributed by atoms with van der Waals surface area (Å²) >= 11 is 11.2. The quantitative estimate of drug-likeness (QED) is 0.631. The lowest BCUT2D eigenvalue weighted by atomic mass is 10.0. The second-order valence-corrected chi connectivity index (χ2v) is 3.97. The molecular weight excluding hydrogens is 304 g/mol. The third kappa shape index (κ3) is 4.50. The van der Waals surface area contributed by atoms with Gasteiger partial charge in [0.1, 0.15) is 5.82 Å². The molecule has 1 rings (SSSR count). The number of nitrogens with two attached hydrogens (primary N) is 1. The smallest absolute Gasteiger partial charge is 0.324 e. The third-order valence-corrected chi connectivity index (χ3v) is 2.72. The Hall–Kier alpha value is -0.230. The van der Waals surface area contributed by atoms with Crippen LogP contribution in [0.2, 0.25) is 10.0 Å². The van der Waals surface area contributed by atoms with Gasteiger partial charge in [-0.1, -0.05) is 23.2 Å². The molecule has 0 fully saturated rings. The van der Waals surface area contributed by atoms with Gasteiger partial charge in [-0.2, -0.15) is 13.2 Å². The lowest BCUT2D eigenvalue weighted by Crippen LogP contribution is -2.21. The lowest BCUT2D eigenvalue weighted by molar-refractivity contribution is -0.138. The molecule has 0 saturated heterocycles. The van der Waals surface area contributed by atoms with Crippen LogP contribution in [0.15, 0.2) is 12.1 Å². The fourth-order valence-electron chi connectivity index (χ4n) is 1.23. The monoisotopic (exact) mass is 311 g/mol. The van der Waals surface area contributed by atoms with Gasteiger partial charge in [0.2, 0.25) is 0 Å². The highest BCUT2D eigenvalue weighted by atomic mass is 35.5. The maximum absolute atomic E-state index is 13.3. The number of hydrogen-bond donors (Lipinski definition) is 1. The molecule has 8 heteroatoms. The van der Waals surface area contributed by atoms with Crippen LogP contribution in [-0.4, -0.2) is 6.18 Å². The molecule has 17 heavy (non-hydrogen) atoms. The number of hydrogen-bond acceptors (Lipinski definition) is 1. The zero-order chi connectivity index (χ0) is 12.5. The molecule has 98 valence electrons. The number of halogens is 7. The maximum atomic E-state index is 13.3. The van der Waals surface area contributed by atoms with E-state index in [-0.39, 0.29) is 22.5 Å². The van der Waals surface area contributed by atoms with Crippen LogP contribution in [0, 0.1) is 5.82 Å². The molecule has 0 heterocycles.